The maximum atomic E-state index is 6.52. The molecule has 1 unspecified atom stereocenters. The molecule has 0 spiro atoms. The third-order valence-electron chi connectivity index (χ3n) is 6.03. The molecule has 1 aliphatic heterocycles. The van der Waals surface area contributed by atoms with Gasteiger partial charge in [0, 0.05) is 44.5 Å². The van der Waals surface area contributed by atoms with Gasteiger partial charge in [0.05, 0.1) is 6.04 Å². The predicted molar refractivity (Wildman–Crippen MR) is 143 cm³/mol. The number of benzene rings is 1. The Hall–Kier alpha value is -1.39. The Morgan fingerprint density at radius 3 is 2.66 bits per heavy atom. The fourth-order valence-corrected chi connectivity index (χ4v) is 4.54. The Kier molecular flexibility index (Phi) is 11.7. The maximum absolute atomic E-state index is 6.52. The molecule has 9 heteroatoms. The fraction of sp³-hybridized carbons (Fsp3) is 0.609. The first-order valence-corrected chi connectivity index (χ1v) is 11.9. The SMILES string of the molecule is CCN(CC)C(CNC(=NC)NCCc1nnc2n1CCCCC2)c1ccccc1Cl.I. The minimum absolute atomic E-state index is 0. The molecule has 2 N–H and O–H groups in total. The first-order chi connectivity index (χ1) is 15.2. The van der Waals surface area contributed by atoms with Gasteiger partial charge in [-0.25, -0.2) is 0 Å². The van der Waals surface area contributed by atoms with E-state index in [-0.39, 0.29) is 30.0 Å². The van der Waals surface area contributed by atoms with Gasteiger partial charge in [-0.15, -0.1) is 34.2 Å². The van der Waals surface area contributed by atoms with Crippen LogP contribution in [0, 0.1) is 0 Å². The molecule has 2 aromatic rings. The normalized spacial score (nSPS) is 15.0. The first-order valence-electron chi connectivity index (χ1n) is 11.5. The zero-order valence-electron chi connectivity index (χ0n) is 19.5. The van der Waals surface area contributed by atoms with E-state index in [0.717, 1.165) is 73.8 Å². The van der Waals surface area contributed by atoms with Gasteiger partial charge in [0.15, 0.2) is 5.96 Å². The van der Waals surface area contributed by atoms with Crippen molar-refractivity contribution in [3.8, 4) is 0 Å². The van der Waals surface area contributed by atoms with Gasteiger partial charge >= 0.3 is 0 Å². The minimum Gasteiger partial charge on any atom is -0.356 e. The highest BCUT2D eigenvalue weighted by Crippen LogP contribution is 2.26. The fourth-order valence-electron chi connectivity index (χ4n) is 4.28. The molecule has 0 bridgehead atoms. The summed E-state index contributed by atoms with van der Waals surface area (Å²) < 4.78 is 2.30. The van der Waals surface area contributed by atoms with Crippen molar-refractivity contribution in [3.63, 3.8) is 0 Å². The Morgan fingerprint density at radius 1 is 1.16 bits per heavy atom. The van der Waals surface area contributed by atoms with E-state index in [2.05, 4.69) is 55.2 Å². The average Bonchev–Trinajstić information content (AvgIpc) is 3.01. The third kappa shape index (κ3) is 7.05. The molecular formula is C23H37ClIN7. The molecule has 1 aromatic carbocycles. The van der Waals surface area contributed by atoms with Gasteiger partial charge in [-0.05, 0) is 37.6 Å². The molecule has 32 heavy (non-hydrogen) atoms. The van der Waals surface area contributed by atoms with Crippen LogP contribution in [0.2, 0.25) is 5.02 Å². The van der Waals surface area contributed by atoms with Gasteiger partial charge in [0.25, 0.3) is 0 Å². The van der Waals surface area contributed by atoms with Crippen LogP contribution in [0.5, 0.6) is 0 Å². The van der Waals surface area contributed by atoms with Crippen molar-refractivity contribution >= 4 is 41.5 Å². The van der Waals surface area contributed by atoms with Crippen LogP contribution in [0.3, 0.4) is 0 Å². The minimum atomic E-state index is 0. The number of fused-ring (bicyclic) bond motifs is 1. The molecule has 7 nitrogen and oxygen atoms in total. The number of guanidine groups is 1. The number of likely N-dealkylation sites (N-methyl/N-ethyl adjacent to an activating group) is 1. The van der Waals surface area contributed by atoms with E-state index in [1.54, 1.807) is 7.05 Å². The first kappa shape index (κ1) is 26.9. The van der Waals surface area contributed by atoms with Crippen molar-refractivity contribution < 1.29 is 0 Å². The summed E-state index contributed by atoms with van der Waals surface area (Å²) in [6.07, 6.45) is 5.57. The van der Waals surface area contributed by atoms with Gasteiger partial charge in [-0.3, -0.25) is 9.89 Å². The highest BCUT2D eigenvalue weighted by molar-refractivity contribution is 14.0. The van der Waals surface area contributed by atoms with Gasteiger partial charge in [0.1, 0.15) is 11.6 Å². The Labute approximate surface area is 214 Å². The van der Waals surface area contributed by atoms with E-state index in [9.17, 15) is 0 Å². The van der Waals surface area contributed by atoms with E-state index in [1.807, 2.05) is 18.2 Å². The lowest BCUT2D eigenvalue weighted by Crippen LogP contribution is -2.43. The summed E-state index contributed by atoms with van der Waals surface area (Å²) in [5, 5.41) is 16.5. The van der Waals surface area contributed by atoms with Gasteiger partial charge in [0.2, 0.25) is 0 Å². The number of aromatic nitrogens is 3. The summed E-state index contributed by atoms with van der Waals surface area (Å²) in [5.41, 5.74) is 1.14. The van der Waals surface area contributed by atoms with Crippen molar-refractivity contribution in [3.05, 3.63) is 46.5 Å². The van der Waals surface area contributed by atoms with Gasteiger partial charge in [-0.2, -0.15) is 0 Å². The zero-order chi connectivity index (χ0) is 22.1. The lowest BCUT2D eigenvalue weighted by Gasteiger charge is -2.31. The van der Waals surface area contributed by atoms with Crippen LogP contribution in [0.4, 0.5) is 0 Å². The van der Waals surface area contributed by atoms with E-state index in [4.69, 9.17) is 11.6 Å². The quantitative estimate of drug-likeness (QED) is 0.269. The Balaban J connectivity index is 0.00000363. The van der Waals surface area contributed by atoms with E-state index in [0.29, 0.717) is 0 Å². The summed E-state index contributed by atoms with van der Waals surface area (Å²) in [5.74, 6) is 2.99. The van der Waals surface area contributed by atoms with Gasteiger partial charge in [-0.1, -0.05) is 50.1 Å². The van der Waals surface area contributed by atoms with E-state index >= 15 is 0 Å². The molecule has 2 heterocycles. The molecule has 1 aromatic heterocycles. The van der Waals surface area contributed by atoms with Crippen molar-refractivity contribution in [2.75, 3.05) is 33.2 Å². The molecule has 1 atom stereocenters. The van der Waals surface area contributed by atoms with Crippen LogP contribution in [-0.2, 0) is 19.4 Å². The third-order valence-corrected chi connectivity index (χ3v) is 6.38. The Morgan fingerprint density at radius 2 is 1.94 bits per heavy atom. The molecule has 0 fully saturated rings. The molecule has 1 aliphatic rings. The number of hydrogen-bond acceptors (Lipinski definition) is 4. The summed E-state index contributed by atoms with van der Waals surface area (Å²) in [6, 6.07) is 8.27. The molecule has 3 rings (SSSR count). The molecule has 0 saturated carbocycles. The summed E-state index contributed by atoms with van der Waals surface area (Å²) >= 11 is 6.52. The summed E-state index contributed by atoms with van der Waals surface area (Å²) in [6.45, 7) is 8.80. The number of aryl methyl sites for hydroxylation is 1. The van der Waals surface area contributed by atoms with Crippen LogP contribution in [0.1, 0.15) is 56.4 Å². The lowest BCUT2D eigenvalue weighted by atomic mass is 10.0. The number of nitrogens with zero attached hydrogens (tertiary/aromatic N) is 5. The van der Waals surface area contributed by atoms with Crippen LogP contribution in [0.15, 0.2) is 29.3 Å². The molecule has 0 aliphatic carbocycles. The monoisotopic (exact) mass is 573 g/mol. The molecule has 0 amide bonds. The highest BCUT2D eigenvalue weighted by Gasteiger charge is 2.21. The molecule has 178 valence electrons. The van der Waals surface area contributed by atoms with Crippen molar-refractivity contribution in [1.82, 2.24) is 30.3 Å². The number of halogens is 2. The second kappa shape index (κ2) is 14.0. The smallest absolute Gasteiger partial charge is 0.191 e. The van der Waals surface area contributed by atoms with Crippen LogP contribution >= 0.6 is 35.6 Å². The second-order valence-electron chi connectivity index (χ2n) is 7.88. The van der Waals surface area contributed by atoms with Crippen molar-refractivity contribution in [2.45, 2.75) is 58.5 Å². The van der Waals surface area contributed by atoms with Crippen LogP contribution in [0.25, 0.3) is 0 Å². The van der Waals surface area contributed by atoms with Crippen LogP contribution < -0.4 is 10.6 Å². The maximum Gasteiger partial charge on any atom is 0.191 e. The Bertz CT molecular complexity index is 851. The zero-order valence-corrected chi connectivity index (χ0v) is 22.6. The summed E-state index contributed by atoms with van der Waals surface area (Å²) in [7, 11) is 1.81. The molecule has 0 radical (unpaired) electrons. The largest absolute Gasteiger partial charge is 0.356 e. The van der Waals surface area contributed by atoms with E-state index < -0.39 is 0 Å². The number of hydrogen-bond donors (Lipinski definition) is 2. The van der Waals surface area contributed by atoms with Crippen molar-refractivity contribution in [2.24, 2.45) is 4.99 Å². The number of rotatable bonds is 9. The average molecular weight is 574 g/mol. The molecule has 0 saturated heterocycles. The second-order valence-corrected chi connectivity index (χ2v) is 8.29. The topological polar surface area (TPSA) is 70.4 Å². The van der Waals surface area contributed by atoms with Gasteiger partial charge < -0.3 is 15.2 Å². The predicted octanol–water partition coefficient (Wildman–Crippen LogP) is 4.07. The van der Waals surface area contributed by atoms with Crippen LogP contribution in [-0.4, -0.2) is 58.9 Å². The van der Waals surface area contributed by atoms with E-state index in [1.165, 1.54) is 19.3 Å². The number of nitrogens with one attached hydrogen (secondary N) is 2. The van der Waals surface area contributed by atoms with Crippen molar-refractivity contribution in [1.29, 1.82) is 0 Å². The lowest BCUT2D eigenvalue weighted by molar-refractivity contribution is 0.219. The molecular weight excluding hydrogens is 537 g/mol. The standard InChI is InChI=1S/C23H36ClN7.HI/c1-4-30(5-2)20(18-11-8-9-12-19(18)24)17-27-23(25-3)26-15-14-22-29-28-21-13-7-6-10-16-31(21)22;/h8-9,11-12,20H,4-7,10,13-17H2,1-3H3,(H2,25,26,27);1H. The number of aliphatic imine (C=N–C) groups is 1. The highest BCUT2D eigenvalue weighted by atomic mass is 127. The summed E-state index contributed by atoms with van der Waals surface area (Å²) in [4.78, 5) is 6.82.